The zero-order valence-electron chi connectivity index (χ0n) is 15.1. The fourth-order valence-electron chi connectivity index (χ4n) is 2.94. The number of nitrogens with two attached hydrogens (primary N) is 1. The molecule has 0 radical (unpaired) electrons. The van der Waals surface area contributed by atoms with Crippen molar-refractivity contribution in [2.45, 2.75) is 6.92 Å². The summed E-state index contributed by atoms with van der Waals surface area (Å²) < 4.78 is 14.7. The van der Waals surface area contributed by atoms with E-state index in [1.54, 1.807) is 6.21 Å². The number of halogens is 1. The van der Waals surface area contributed by atoms with Gasteiger partial charge in [0.2, 0.25) is 0 Å². The third-order valence-electron chi connectivity index (χ3n) is 4.60. The quantitative estimate of drug-likeness (QED) is 0.859. The smallest absolute Gasteiger partial charge is 0.250 e. The number of rotatable bonds is 4. The van der Waals surface area contributed by atoms with Crippen molar-refractivity contribution in [2.24, 2.45) is 10.7 Å². The van der Waals surface area contributed by atoms with Crippen LogP contribution in [0.3, 0.4) is 0 Å². The second kappa shape index (κ2) is 7.66. The highest BCUT2D eigenvalue weighted by molar-refractivity contribution is 6.00. The summed E-state index contributed by atoms with van der Waals surface area (Å²) in [5, 5.41) is 0. The van der Waals surface area contributed by atoms with Crippen LogP contribution in [0, 0.1) is 12.7 Å². The summed E-state index contributed by atoms with van der Waals surface area (Å²) in [5.74, 6) is -1.01. The number of aryl methyl sites for hydroxylation is 1. The molecule has 2 aromatic carbocycles. The van der Waals surface area contributed by atoms with E-state index in [1.165, 1.54) is 12.1 Å². The molecule has 1 aliphatic heterocycles. The van der Waals surface area contributed by atoms with Gasteiger partial charge in [-0.1, -0.05) is 29.8 Å². The molecular weight excluding hydrogens is 331 g/mol. The van der Waals surface area contributed by atoms with Crippen LogP contribution in [0.1, 0.15) is 21.5 Å². The lowest BCUT2D eigenvalue weighted by molar-refractivity contribution is 0.100. The Morgan fingerprint density at radius 2 is 1.81 bits per heavy atom. The van der Waals surface area contributed by atoms with Crippen LogP contribution in [0.5, 0.6) is 0 Å². The number of carbonyl (C=O) groups excluding carboxylic acids is 1. The number of amides is 1. The van der Waals surface area contributed by atoms with Crippen molar-refractivity contribution in [3.8, 4) is 0 Å². The topological polar surface area (TPSA) is 61.9 Å². The summed E-state index contributed by atoms with van der Waals surface area (Å²) in [6.07, 6.45) is 1.61. The predicted molar refractivity (Wildman–Crippen MR) is 103 cm³/mol. The van der Waals surface area contributed by atoms with E-state index >= 15 is 0 Å². The Hall–Kier alpha value is -2.73. The summed E-state index contributed by atoms with van der Waals surface area (Å²) in [7, 11) is 2.03. The Bertz CT molecular complexity index is 824. The second-order valence-corrected chi connectivity index (χ2v) is 6.64. The molecule has 1 heterocycles. The highest BCUT2D eigenvalue weighted by Gasteiger charge is 2.20. The van der Waals surface area contributed by atoms with Gasteiger partial charge in [-0.3, -0.25) is 9.79 Å². The van der Waals surface area contributed by atoms with Crippen molar-refractivity contribution in [2.75, 3.05) is 38.1 Å². The van der Waals surface area contributed by atoms with Gasteiger partial charge in [0.1, 0.15) is 5.82 Å². The summed E-state index contributed by atoms with van der Waals surface area (Å²) in [5.41, 5.74) is 8.40. The Balaban J connectivity index is 1.91. The van der Waals surface area contributed by atoms with Gasteiger partial charge in [0.05, 0.1) is 16.9 Å². The van der Waals surface area contributed by atoms with Crippen LogP contribution < -0.4 is 10.6 Å². The maximum Gasteiger partial charge on any atom is 0.250 e. The number of benzene rings is 2. The van der Waals surface area contributed by atoms with Crippen LogP contribution in [0.25, 0.3) is 0 Å². The molecule has 0 aliphatic carbocycles. The average Bonchev–Trinajstić information content (AvgIpc) is 2.62. The zero-order valence-corrected chi connectivity index (χ0v) is 15.1. The van der Waals surface area contributed by atoms with Crippen molar-refractivity contribution in [1.29, 1.82) is 0 Å². The van der Waals surface area contributed by atoms with E-state index in [0.717, 1.165) is 24.2 Å². The number of primary amides is 1. The second-order valence-electron chi connectivity index (χ2n) is 6.64. The van der Waals surface area contributed by atoms with Crippen LogP contribution in [0.4, 0.5) is 15.8 Å². The molecule has 2 N–H and O–H groups in total. The normalized spacial score (nSPS) is 15.6. The molecule has 5 nitrogen and oxygen atoms in total. The highest BCUT2D eigenvalue weighted by atomic mass is 19.1. The van der Waals surface area contributed by atoms with Crippen LogP contribution in [-0.2, 0) is 0 Å². The van der Waals surface area contributed by atoms with Crippen molar-refractivity contribution in [3.05, 3.63) is 58.9 Å². The van der Waals surface area contributed by atoms with E-state index < -0.39 is 11.7 Å². The first-order valence-corrected chi connectivity index (χ1v) is 8.61. The van der Waals surface area contributed by atoms with Gasteiger partial charge in [-0.05, 0) is 25.6 Å². The molecule has 0 unspecified atom stereocenters. The lowest BCUT2D eigenvalue weighted by Crippen LogP contribution is -2.44. The lowest BCUT2D eigenvalue weighted by atomic mass is 10.1. The monoisotopic (exact) mass is 354 g/mol. The van der Waals surface area contributed by atoms with Gasteiger partial charge in [-0.15, -0.1) is 0 Å². The Morgan fingerprint density at radius 3 is 2.42 bits per heavy atom. The molecule has 0 bridgehead atoms. The molecule has 0 atom stereocenters. The van der Waals surface area contributed by atoms with Crippen LogP contribution in [0.15, 0.2) is 41.4 Å². The van der Waals surface area contributed by atoms with Crippen LogP contribution in [-0.4, -0.2) is 50.2 Å². The SMILES string of the molecule is Cc1ccc(C=Nc2cc(F)c(N3CCN(C)CC3)cc2C(N)=O)cc1. The Kier molecular flexibility index (Phi) is 5.32. The Labute approximate surface area is 152 Å². The first kappa shape index (κ1) is 18.1. The first-order chi connectivity index (χ1) is 12.4. The van der Waals surface area contributed by atoms with Gasteiger partial charge in [-0.2, -0.15) is 0 Å². The summed E-state index contributed by atoms with van der Waals surface area (Å²) in [6.45, 7) is 5.10. The molecule has 2 aromatic rings. The first-order valence-electron chi connectivity index (χ1n) is 8.61. The fraction of sp³-hybridized carbons (Fsp3) is 0.300. The van der Waals surface area contributed by atoms with Crippen LogP contribution in [0.2, 0.25) is 0 Å². The minimum absolute atomic E-state index is 0.226. The van der Waals surface area contributed by atoms with Gasteiger partial charge in [0.25, 0.3) is 5.91 Å². The van der Waals surface area contributed by atoms with Crippen molar-refractivity contribution in [3.63, 3.8) is 0 Å². The summed E-state index contributed by atoms with van der Waals surface area (Å²) in [4.78, 5) is 20.3. The third kappa shape index (κ3) is 4.08. The average molecular weight is 354 g/mol. The molecule has 26 heavy (non-hydrogen) atoms. The summed E-state index contributed by atoms with van der Waals surface area (Å²) in [6, 6.07) is 10.6. The molecular formula is C20H23FN4O. The molecule has 1 amide bonds. The Morgan fingerprint density at radius 1 is 1.15 bits per heavy atom. The van der Waals surface area contributed by atoms with E-state index in [1.807, 2.05) is 43.1 Å². The number of carbonyl (C=O) groups is 1. The molecule has 1 saturated heterocycles. The number of likely N-dealkylation sites (N-methyl/N-ethyl adjacent to an activating group) is 1. The van der Waals surface area contributed by atoms with E-state index in [-0.39, 0.29) is 11.3 Å². The van der Waals surface area contributed by atoms with Gasteiger partial charge < -0.3 is 15.5 Å². The predicted octanol–water partition coefficient (Wildman–Crippen LogP) is 2.74. The largest absolute Gasteiger partial charge is 0.367 e. The van der Waals surface area contributed by atoms with E-state index in [9.17, 15) is 9.18 Å². The van der Waals surface area contributed by atoms with Crippen molar-refractivity contribution < 1.29 is 9.18 Å². The van der Waals surface area contributed by atoms with Crippen molar-refractivity contribution >= 4 is 23.5 Å². The maximum atomic E-state index is 14.7. The van der Waals surface area contributed by atoms with E-state index in [4.69, 9.17) is 5.73 Å². The number of hydrogen-bond acceptors (Lipinski definition) is 4. The van der Waals surface area contributed by atoms with E-state index in [0.29, 0.717) is 18.8 Å². The molecule has 0 aromatic heterocycles. The molecule has 1 aliphatic rings. The minimum atomic E-state index is -0.614. The lowest BCUT2D eigenvalue weighted by Gasteiger charge is -2.34. The molecule has 1 fully saturated rings. The number of piperazine rings is 1. The summed E-state index contributed by atoms with van der Waals surface area (Å²) >= 11 is 0. The van der Waals surface area contributed by atoms with Gasteiger partial charge in [0, 0.05) is 38.5 Å². The minimum Gasteiger partial charge on any atom is -0.367 e. The number of hydrogen-bond donors (Lipinski definition) is 1. The maximum absolute atomic E-state index is 14.7. The van der Waals surface area contributed by atoms with Gasteiger partial charge in [-0.25, -0.2) is 4.39 Å². The van der Waals surface area contributed by atoms with Crippen LogP contribution >= 0.6 is 0 Å². The van der Waals surface area contributed by atoms with Gasteiger partial charge in [0.15, 0.2) is 0 Å². The number of anilines is 1. The van der Waals surface area contributed by atoms with E-state index in [2.05, 4.69) is 9.89 Å². The highest BCUT2D eigenvalue weighted by Crippen LogP contribution is 2.29. The van der Waals surface area contributed by atoms with Gasteiger partial charge >= 0.3 is 0 Å². The molecule has 136 valence electrons. The fourth-order valence-corrected chi connectivity index (χ4v) is 2.94. The van der Waals surface area contributed by atoms with Crippen molar-refractivity contribution in [1.82, 2.24) is 4.90 Å². The molecule has 3 rings (SSSR count). The number of nitrogens with zero attached hydrogens (tertiary/aromatic N) is 3. The number of aliphatic imine (C=N–C) groups is 1. The molecule has 0 spiro atoms. The zero-order chi connectivity index (χ0) is 18.7. The molecule has 6 heteroatoms. The standard InChI is InChI=1S/C20H23FN4O/c1-14-3-5-15(6-4-14)13-23-18-12-17(21)19(11-16(18)20(22)26)25-9-7-24(2)8-10-25/h3-6,11-13H,7-10H2,1-2H3,(H2,22,26). The molecule has 0 saturated carbocycles. The third-order valence-corrected chi connectivity index (χ3v) is 4.60.